The van der Waals surface area contributed by atoms with Crippen molar-refractivity contribution < 1.29 is 4.74 Å². The molecule has 0 spiro atoms. The lowest BCUT2D eigenvalue weighted by Gasteiger charge is -2.30. The molecular weight excluding hydrogens is 228 g/mol. The van der Waals surface area contributed by atoms with Crippen LogP contribution in [0.4, 0.5) is 0 Å². The van der Waals surface area contributed by atoms with Crippen LogP contribution in [-0.4, -0.2) is 11.9 Å². The van der Waals surface area contributed by atoms with Crippen LogP contribution < -0.4 is 0 Å². The average Bonchev–Trinajstić information content (AvgIpc) is 2.40. The van der Waals surface area contributed by atoms with Crippen LogP contribution in [0.25, 0.3) is 0 Å². The van der Waals surface area contributed by atoms with Gasteiger partial charge in [-0.1, -0.05) is 43.5 Å². The lowest BCUT2D eigenvalue weighted by Crippen LogP contribution is -2.18. The van der Waals surface area contributed by atoms with Crippen LogP contribution in [0.3, 0.4) is 0 Å². The van der Waals surface area contributed by atoms with Crippen molar-refractivity contribution in [3.05, 3.63) is 35.4 Å². The van der Waals surface area contributed by atoms with Gasteiger partial charge in [0.1, 0.15) is 5.44 Å². The van der Waals surface area contributed by atoms with Crippen LogP contribution in [0, 0.1) is 0 Å². The third kappa shape index (κ3) is 2.69. The van der Waals surface area contributed by atoms with Gasteiger partial charge in [0.15, 0.2) is 0 Å². The van der Waals surface area contributed by atoms with Crippen LogP contribution in [0.1, 0.15) is 48.7 Å². The smallest absolute Gasteiger partial charge is 0.128 e. The van der Waals surface area contributed by atoms with Crippen LogP contribution in [0.15, 0.2) is 24.3 Å². The molecule has 1 fully saturated rings. The summed E-state index contributed by atoms with van der Waals surface area (Å²) in [5.41, 5.74) is 3.21. The molecule has 1 unspecified atom stereocenters. The molecule has 1 atom stereocenters. The molecule has 0 radical (unpaired) electrons. The van der Waals surface area contributed by atoms with E-state index in [-0.39, 0.29) is 0 Å². The third-order valence-electron chi connectivity index (χ3n) is 3.82. The van der Waals surface area contributed by atoms with Crippen molar-refractivity contribution in [2.75, 3.05) is 6.61 Å². The summed E-state index contributed by atoms with van der Waals surface area (Å²) in [6.07, 6.45) is 8.09. The maximum absolute atomic E-state index is 5.97. The second kappa shape index (κ2) is 5.45. The Bertz CT molecular complexity index is 371. The highest BCUT2D eigenvalue weighted by atomic mass is 32.2. The molecule has 1 heterocycles. The van der Waals surface area contributed by atoms with E-state index in [2.05, 4.69) is 36.0 Å². The van der Waals surface area contributed by atoms with E-state index < -0.39 is 0 Å². The van der Waals surface area contributed by atoms with E-state index in [0.29, 0.717) is 5.44 Å². The summed E-state index contributed by atoms with van der Waals surface area (Å²) >= 11 is 2.06. The van der Waals surface area contributed by atoms with Crippen molar-refractivity contribution in [2.24, 2.45) is 0 Å². The predicted molar refractivity (Wildman–Crippen MR) is 73.3 cm³/mol. The highest BCUT2D eigenvalue weighted by Crippen LogP contribution is 2.42. The molecule has 0 saturated heterocycles. The van der Waals surface area contributed by atoms with Crippen molar-refractivity contribution in [2.45, 2.75) is 49.2 Å². The van der Waals surface area contributed by atoms with Crippen molar-refractivity contribution in [1.29, 1.82) is 0 Å². The number of thioether (sulfide) groups is 1. The molecule has 3 rings (SSSR count). The fraction of sp³-hybridized carbons (Fsp3) is 0.600. The molecule has 0 aromatic heterocycles. The second-order valence-corrected chi connectivity index (χ2v) is 6.41. The zero-order valence-corrected chi connectivity index (χ0v) is 11.0. The Labute approximate surface area is 108 Å². The van der Waals surface area contributed by atoms with Crippen LogP contribution in [-0.2, 0) is 11.2 Å². The van der Waals surface area contributed by atoms with E-state index in [1.807, 2.05) is 0 Å². The van der Waals surface area contributed by atoms with Crippen LogP contribution in [0.2, 0.25) is 0 Å². The van der Waals surface area contributed by atoms with E-state index in [9.17, 15) is 0 Å². The van der Waals surface area contributed by atoms with Crippen molar-refractivity contribution in [3.8, 4) is 0 Å². The monoisotopic (exact) mass is 248 g/mol. The second-order valence-electron chi connectivity index (χ2n) is 5.05. The van der Waals surface area contributed by atoms with Gasteiger partial charge in [-0.05, 0) is 30.4 Å². The Balaban J connectivity index is 1.71. The summed E-state index contributed by atoms with van der Waals surface area (Å²) in [7, 11) is 0. The third-order valence-corrected chi connectivity index (χ3v) is 5.31. The summed E-state index contributed by atoms with van der Waals surface area (Å²) in [6, 6.07) is 8.79. The Hall–Kier alpha value is -0.470. The molecule has 0 amide bonds. The average molecular weight is 248 g/mol. The SMILES string of the molecule is c1ccc2c(c1)CCOC2SC1CCCCC1. The highest BCUT2D eigenvalue weighted by molar-refractivity contribution is 8.00. The van der Waals surface area contributed by atoms with Gasteiger partial charge in [-0.2, -0.15) is 0 Å². The Morgan fingerprint density at radius 1 is 1.06 bits per heavy atom. The number of hydrogen-bond donors (Lipinski definition) is 0. The molecule has 1 aliphatic carbocycles. The molecule has 92 valence electrons. The fourth-order valence-electron chi connectivity index (χ4n) is 2.85. The van der Waals surface area contributed by atoms with Gasteiger partial charge in [0.2, 0.25) is 0 Å². The maximum atomic E-state index is 5.97. The van der Waals surface area contributed by atoms with Gasteiger partial charge >= 0.3 is 0 Å². The largest absolute Gasteiger partial charge is 0.362 e. The highest BCUT2D eigenvalue weighted by Gasteiger charge is 2.25. The van der Waals surface area contributed by atoms with Gasteiger partial charge in [-0.25, -0.2) is 0 Å². The molecule has 1 saturated carbocycles. The van der Waals surface area contributed by atoms with E-state index >= 15 is 0 Å². The summed E-state index contributed by atoms with van der Waals surface area (Å²) in [6.45, 7) is 0.890. The molecule has 1 aromatic carbocycles. The summed E-state index contributed by atoms with van der Waals surface area (Å²) in [5, 5.41) is 0.819. The number of fused-ring (bicyclic) bond motifs is 1. The standard InChI is InChI=1S/C15H20OS/c1-2-7-13(8-3-1)17-15-14-9-5-4-6-12(14)10-11-16-15/h4-6,9,13,15H,1-3,7-8,10-11H2. The molecule has 1 nitrogen and oxygen atoms in total. The van der Waals surface area contributed by atoms with Crippen molar-refractivity contribution in [1.82, 2.24) is 0 Å². The van der Waals surface area contributed by atoms with E-state index in [4.69, 9.17) is 4.74 Å². The summed E-state index contributed by atoms with van der Waals surface area (Å²) in [4.78, 5) is 0. The van der Waals surface area contributed by atoms with E-state index in [0.717, 1.165) is 18.3 Å². The molecule has 2 aliphatic rings. The number of hydrogen-bond acceptors (Lipinski definition) is 2. The number of rotatable bonds is 2. The minimum absolute atomic E-state index is 0.294. The minimum atomic E-state index is 0.294. The van der Waals surface area contributed by atoms with E-state index in [1.165, 1.54) is 43.2 Å². The van der Waals surface area contributed by atoms with E-state index in [1.54, 1.807) is 0 Å². The summed E-state index contributed by atoms with van der Waals surface area (Å²) < 4.78 is 5.97. The first kappa shape index (κ1) is 11.6. The minimum Gasteiger partial charge on any atom is -0.362 e. The maximum Gasteiger partial charge on any atom is 0.128 e. The molecule has 1 aliphatic heterocycles. The molecular formula is C15H20OS. The van der Waals surface area contributed by atoms with Crippen molar-refractivity contribution in [3.63, 3.8) is 0 Å². The van der Waals surface area contributed by atoms with Crippen molar-refractivity contribution >= 4 is 11.8 Å². The Morgan fingerprint density at radius 2 is 1.88 bits per heavy atom. The Kier molecular flexibility index (Phi) is 3.72. The first-order valence-corrected chi connectivity index (χ1v) is 7.72. The topological polar surface area (TPSA) is 9.23 Å². The molecule has 0 bridgehead atoms. The van der Waals surface area contributed by atoms with Crippen LogP contribution in [0.5, 0.6) is 0 Å². The molecule has 2 heteroatoms. The first-order valence-electron chi connectivity index (χ1n) is 6.78. The quantitative estimate of drug-likeness (QED) is 0.770. The fourth-order valence-corrected chi connectivity index (χ4v) is 4.35. The van der Waals surface area contributed by atoms with Gasteiger partial charge in [0, 0.05) is 5.25 Å². The lowest BCUT2D eigenvalue weighted by atomic mass is 10.0. The predicted octanol–water partition coefficient (Wildman–Crippen LogP) is 4.32. The molecule has 17 heavy (non-hydrogen) atoms. The zero-order chi connectivity index (χ0) is 11.5. The van der Waals surface area contributed by atoms with Gasteiger partial charge in [-0.15, -0.1) is 11.8 Å². The van der Waals surface area contributed by atoms with Gasteiger partial charge in [0.05, 0.1) is 6.61 Å². The summed E-state index contributed by atoms with van der Waals surface area (Å²) in [5.74, 6) is 0. The molecule has 0 N–H and O–H groups in total. The zero-order valence-electron chi connectivity index (χ0n) is 10.2. The Morgan fingerprint density at radius 3 is 2.76 bits per heavy atom. The van der Waals surface area contributed by atoms with Gasteiger partial charge in [-0.3, -0.25) is 0 Å². The van der Waals surface area contributed by atoms with Gasteiger partial charge in [0.25, 0.3) is 0 Å². The molecule has 1 aromatic rings. The lowest BCUT2D eigenvalue weighted by molar-refractivity contribution is 0.102. The normalized spacial score (nSPS) is 25.5. The first-order chi connectivity index (χ1) is 8.43. The van der Waals surface area contributed by atoms with Crippen LogP contribution >= 0.6 is 11.8 Å². The number of ether oxygens (including phenoxy) is 1. The number of benzene rings is 1. The van der Waals surface area contributed by atoms with Gasteiger partial charge < -0.3 is 4.74 Å².